The Morgan fingerprint density at radius 1 is 1.33 bits per heavy atom. The van der Waals surface area contributed by atoms with Crippen LogP contribution >= 0.6 is 11.3 Å². The topological polar surface area (TPSA) is 64.9 Å². The highest BCUT2D eigenvalue weighted by molar-refractivity contribution is 7.14. The van der Waals surface area contributed by atoms with Crippen molar-refractivity contribution in [1.82, 2.24) is 10.1 Å². The van der Waals surface area contributed by atoms with Crippen LogP contribution in [0, 0.1) is 11.8 Å². The fourth-order valence-corrected chi connectivity index (χ4v) is 4.27. The molecule has 0 radical (unpaired) electrons. The average Bonchev–Trinajstić information content (AvgIpc) is 3.12. The SMILES string of the molecule is Nc1ccsc1-c1nc(C2CC3CCC2C3)no1. The van der Waals surface area contributed by atoms with Gasteiger partial charge in [-0.1, -0.05) is 11.6 Å². The van der Waals surface area contributed by atoms with E-state index in [1.807, 2.05) is 11.4 Å². The van der Waals surface area contributed by atoms with E-state index in [4.69, 9.17) is 10.3 Å². The second-order valence-corrected chi connectivity index (χ2v) is 6.36. The van der Waals surface area contributed by atoms with E-state index in [2.05, 4.69) is 10.1 Å². The highest BCUT2D eigenvalue weighted by atomic mass is 32.1. The van der Waals surface area contributed by atoms with Crippen molar-refractivity contribution in [2.45, 2.75) is 31.6 Å². The Morgan fingerprint density at radius 2 is 2.28 bits per heavy atom. The molecule has 2 heterocycles. The molecule has 3 unspecified atom stereocenters. The molecule has 2 aromatic rings. The van der Waals surface area contributed by atoms with Gasteiger partial charge < -0.3 is 10.3 Å². The maximum Gasteiger partial charge on any atom is 0.270 e. The van der Waals surface area contributed by atoms with Gasteiger partial charge in [-0.3, -0.25) is 0 Å². The first-order valence-corrected chi connectivity index (χ1v) is 7.36. The van der Waals surface area contributed by atoms with Gasteiger partial charge in [-0.05, 0) is 42.5 Å². The maximum atomic E-state index is 5.88. The highest BCUT2D eigenvalue weighted by Crippen LogP contribution is 2.52. The lowest BCUT2D eigenvalue weighted by Gasteiger charge is -2.17. The summed E-state index contributed by atoms with van der Waals surface area (Å²) in [7, 11) is 0. The maximum absolute atomic E-state index is 5.88. The van der Waals surface area contributed by atoms with Gasteiger partial charge in [0, 0.05) is 5.92 Å². The molecule has 94 valence electrons. The van der Waals surface area contributed by atoms with E-state index in [1.54, 1.807) is 11.3 Å². The average molecular weight is 261 g/mol. The summed E-state index contributed by atoms with van der Waals surface area (Å²) in [6.07, 6.45) is 5.32. The van der Waals surface area contributed by atoms with Crippen molar-refractivity contribution in [1.29, 1.82) is 0 Å². The van der Waals surface area contributed by atoms with Crippen molar-refractivity contribution in [2.24, 2.45) is 11.8 Å². The number of rotatable bonds is 2. The molecule has 0 saturated heterocycles. The molecule has 2 N–H and O–H groups in total. The number of nitrogen functional groups attached to an aromatic ring is 1. The van der Waals surface area contributed by atoms with Crippen molar-refractivity contribution in [3.63, 3.8) is 0 Å². The minimum absolute atomic E-state index is 0.516. The van der Waals surface area contributed by atoms with E-state index >= 15 is 0 Å². The Morgan fingerprint density at radius 3 is 2.94 bits per heavy atom. The Hall–Kier alpha value is -1.36. The third-order valence-electron chi connectivity index (χ3n) is 4.40. The number of hydrogen-bond acceptors (Lipinski definition) is 5. The molecule has 0 aliphatic heterocycles. The first-order valence-electron chi connectivity index (χ1n) is 6.48. The third kappa shape index (κ3) is 1.50. The second-order valence-electron chi connectivity index (χ2n) is 5.44. The van der Waals surface area contributed by atoms with Crippen LogP contribution in [-0.4, -0.2) is 10.1 Å². The highest BCUT2D eigenvalue weighted by Gasteiger charge is 2.42. The van der Waals surface area contributed by atoms with Crippen LogP contribution in [0.25, 0.3) is 10.8 Å². The van der Waals surface area contributed by atoms with Gasteiger partial charge in [-0.15, -0.1) is 11.3 Å². The van der Waals surface area contributed by atoms with Crippen LogP contribution in [-0.2, 0) is 0 Å². The molecule has 2 aliphatic rings. The van der Waals surface area contributed by atoms with Crippen LogP contribution in [0.15, 0.2) is 16.0 Å². The van der Waals surface area contributed by atoms with Crippen molar-refractivity contribution in [3.05, 3.63) is 17.3 Å². The lowest BCUT2D eigenvalue weighted by molar-refractivity contribution is 0.372. The predicted molar refractivity (Wildman–Crippen MR) is 70.2 cm³/mol. The van der Waals surface area contributed by atoms with Gasteiger partial charge in [0.05, 0.1) is 5.69 Å². The number of nitrogens with zero attached hydrogens (tertiary/aromatic N) is 2. The molecule has 2 aromatic heterocycles. The molecule has 4 rings (SSSR count). The summed E-state index contributed by atoms with van der Waals surface area (Å²) >= 11 is 1.55. The van der Waals surface area contributed by atoms with Crippen LogP contribution in [0.4, 0.5) is 5.69 Å². The van der Waals surface area contributed by atoms with Crippen LogP contribution in [0.3, 0.4) is 0 Å². The zero-order valence-electron chi connectivity index (χ0n) is 10.0. The molecule has 2 saturated carbocycles. The first kappa shape index (κ1) is 10.6. The largest absolute Gasteiger partial charge is 0.397 e. The van der Waals surface area contributed by atoms with E-state index in [1.165, 1.54) is 25.7 Å². The third-order valence-corrected chi connectivity index (χ3v) is 5.32. The van der Waals surface area contributed by atoms with Gasteiger partial charge in [-0.2, -0.15) is 4.98 Å². The van der Waals surface area contributed by atoms with E-state index in [0.29, 0.717) is 11.8 Å². The Bertz CT molecular complexity index is 576. The van der Waals surface area contributed by atoms with Gasteiger partial charge in [0.15, 0.2) is 5.82 Å². The molecule has 0 amide bonds. The minimum atomic E-state index is 0.516. The predicted octanol–water partition coefficient (Wildman–Crippen LogP) is 3.28. The molecule has 3 atom stereocenters. The van der Waals surface area contributed by atoms with Crippen molar-refractivity contribution < 1.29 is 4.52 Å². The van der Waals surface area contributed by atoms with Crippen LogP contribution in [0.1, 0.15) is 37.4 Å². The molecule has 0 spiro atoms. The summed E-state index contributed by atoms with van der Waals surface area (Å²) < 4.78 is 5.38. The zero-order valence-corrected chi connectivity index (χ0v) is 10.8. The molecular weight excluding hydrogens is 246 g/mol. The van der Waals surface area contributed by atoms with E-state index in [9.17, 15) is 0 Å². The zero-order chi connectivity index (χ0) is 12.1. The standard InChI is InChI=1S/C13H15N3OS/c14-10-3-4-18-11(10)13-15-12(16-17-13)9-6-7-1-2-8(9)5-7/h3-4,7-9H,1-2,5-6,14H2. The summed E-state index contributed by atoms with van der Waals surface area (Å²) in [6, 6.07) is 1.88. The smallest absolute Gasteiger partial charge is 0.270 e. The van der Waals surface area contributed by atoms with E-state index in [0.717, 1.165) is 28.2 Å². The molecule has 0 aromatic carbocycles. The fourth-order valence-electron chi connectivity index (χ4n) is 3.53. The van der Waals surface area contributed by atoms with Crippen molar-refractivity contribution in [2.75, 3.05) is 5.73 Å². The summed E-state index contributed by atoms with van der Waals surface area (Å²) in [4.78, 5) is 5.47. The molecule has 4 nitrogen and oxygen atoms in total. The van der Waals surface area contributed by atoms with E-state index in [-0.39, 0.29) is 0 Å². The normalized spacial score (nSPS) is 30.1. The van der Waals surface area contributed by atoms with E-state index < -0.39 is 0 Å². The molecule has 2 fully saturated rings. The second kappa shape index (κ2) is 3.82. The first-order chi connectivity index (χ1) is 8.81. The van der Waals surface area contributed by atoms with Gasteiger partial charge in [0.1, 0.15) is 4.88 Å². The molecular formula is C13H15N3OS. The lowest BCUT2D eigenvalue weighted by atomic mass is 9.88. The molecule has 5 heteroatoms. The van der Waals surface area contributed by atoms with Crippen molar-refractivity contribution >= 4 is 17.0 Å². The van der Waals surface area contributed by atoms with Gasteiger partial charge >= 0.3 is 0 Å². The summed E-state index contributed by atoms with van der Waals surface area (Å²) in [5.74, 6) is 3.67. The number of fused-ring (bicyclic) bond motifs is 2. The number of hydrogen-bond donors (Lipinski definition) is 1. The number of nitrogens with two attached hydrogens (primary N) is 1. The van der Waals surface area contributed by atoms with Gasteiger partial charge in [-0.25, -0.2) is 0 Å². The molecule has 2 bridgehead atoms. The number of anilines is 1. The minimum Gasteiger partial charge on any atom is -0.397 e. The quantitative estimate of drug-likeness (QED) is 0.901. The Balaban J connectivity index is 1.65. The molecule has 2 aliphatic carbocycles. The lowest BCUT2D eigenvalue weighted by Crippen LogP contribution is -2.09. The Labute approximate surface area is 109 Å². The van der Waals surface area contributed by atoms with Crippen LogP contribution in [0.2, 0.25) is 0 Å². The Kier molecular flexibility index (Phi) is 2.24. The fraction of sp³-hybridized carbons (Fsp3) is 0.538. The van der Waals surface area contributed by atoms with Crippen molar-refractivity contribution in [3.8, 4) is 10.8 Å². The number of aromatic nitrogens is 2. The summed E-state index contributed by atoms with van der Waals surface area (Å²) in [5.41, 5.74) is 6.60. The summed E-state index contributed by atoms with van der Waals surface area (Å²) in [6.45, 7) is 0. The number of thiophene rings is 1. The van der Waals surface area contributed by atoms with Gasteiger partial charge in [0.25, 0.3) is 5.89 Å². The molecule has 18 heavy (non-hydrogen) atoms. The van der Waals surface area contributed by atoms with Crippen LogP contribution in [0.5, 0.6) is 0 Å². The monoisotopic (exact) mass is 261 g/mol. The van der Waals surface area contributed by atoms with Crippen LogP contribution < -0.4 is 5.73 Å². The summed E-state index contributed by atoms with van der Waals surface area (Å²) in [5, 5.41) is 6.13. The van der Waals surface area contributed by atoms with Gasteiger partial charge in [0.2, 0.25) is 0 Å².